The molecular weight excluding hydrogens is 406 g/mol. The standard InChI is InChI=1S/C20H28ClN7O2/c1-4-5-6-23-20-25-17(22)14-10-16(29)28(18(14)26-20)12-13-9-15(21)19(24-11-13)30-8-7-27(2)3/h9,11H,4-8,10,12H2,1-3H3,(H3,22,23,25,26). The number of nitrogens with two attached hydrogens (primary N) is 1. The lowest BCUT2D eigenvalue weighted by Gasteiger charge is -2.18. The Kier molecular flexibility index (Phi) is 7.28. The summed E-state index contributed by atoms with van der Waals surface area (Å²) in [6.07, 6.45) is 3.90. The van der Waals surface area contributed by atoms with Crippen molar-refractivity contribution in [1.82, 2.24) is 19.9 Å². The molecule has 2 aromatic heterocycles. The van der Waals surface area contributed by atoms with Crippen molar-refractivity contribution in [3.05, 3.63) is 28.4 Å². The van der Waals surface area contributed by atoms with Crippen LogP contribution < -0.4 is 20.7 Å². The van der Waals surface area contributed by atoms with E-state index in [1.54, 1.807) is 17.2 Å². The molecule has 9 nitrogen and oxygen atoms in total. The molecule has 10 heteroatoms. The van der Waals surface area contributed by atoms with E-state index in [-0.39, 0.29) is 12.3 Å². The van der Waals surface area contributed by atoms with Crippen molar-refractivity contribution in [3.63, 3.8) is 0 Å². The van der Waals surface area contributed by atoms with E-state index in [0.29, 0.717) is 47.2 Å². The van der Waals surface area contributed by atoms with Gasteiger partial charge in [-0.15, -0.1) is 0 Å². The second-order valence-corrected chi connectivity index (χ2v) is 7.86. The van der Waals surface area contributed by atoms with Crippen molar-refractivity contribution in [1.29, 1.82) is 0 Å². The van der Waals surface area contributed by atoms with Crippen LogP contribution in [-0.4, -0.2) is 59.6 Å². The van der Waals surface area contributed by atoms with E-state index >= 15 is 0 Å². The number of nitrogens with zero attached hydrogens (tertiary/aromatic N) is 5. The fourth-order valence-electron chi connectivity index (χ4n) is 3.03. The van der Waals surface area contributed by atoms with Crippen LogP contribution in [0.2, 0.25) is 5.02 Å². The van der Waals surface area contributed by atoms with Gasteiger partial charge in [0.15, 0.2) is 0 Å². The number of fused-ring (bicyclic) bond motifs is 1. The molecular formula is C20H28ClN7O2. The third kappa shape index (κ3) is 5.28. The summed E-state index contributed by atoms with van der Waals surface area (Å²) in [5.41, 5.74) is 7.52. The highest BCUT2D eigenvalue weighted by Crippen LogP contribution is 2.33. The van der Waals surface area contributed by atoms with Gasteiger partial charge in [0.2, 0.25) is 17.7 Å². The minimum absolute atomic E-state index is 0.0841. The highest BCUT2D eigenvalue weighted by Gasteiger charge is 2.32. The van der Waals surface area contributed by atoms with Gasteiger partial charge in [0.25, 0.3) is 0 Å². The fourth-order valence-corrected chi connectivity index (χ4v) is 3.27. The number of carbonyl (C=O) groups excluding carboxylic acids is 1. The number of ether oxygens (including phenoxy) is 1. The van der Waals surface area contributed by atoms with Crippen LogP contribution in [0.25, 0.3) is 0 Å². The Hall–Kier alpha value is -2.65. The summed E-state index contributed by atoms with van der Waals surface area (Å²) >= 11 is 6.33. The van der Waals surface area contributed by atoms with E-state index in [4.69, 9.17) is 22.1 Å². The third-order valence-corrected chi connectivity index (χ3v) is 4.97. The largest absolute Gasteiger partial charge is 0.475 e. The molecule has 0 radical (unpaired) electrons. The number of nitrogens with one attached hydrogen (secondary N) is 1. The van der Waals surface area contributed by atoms with Gasteiger partial charge in [0, 0.05) is 24.8 Å². The van der Waals surface area contributed by atoms with Crippen LogP contribution in [0, 0.1) is 0 Å². The predicted octanol–water partition coefficient (Wildman–Crippen LogP) is 2.35. The molecule has 30 heavy (non-hydrogen) atoms. The molecule has 0 aromatic carbocycles. The molecule has 3 N–H and O–H groups in total. The molecule has 0 atom stereocenters. The molecule has 0 spiro atoms. The van der Waals surface area contributed by atoms with Crippen molar-refractivity contribution in [2.75, 3.05) is 49.7 Å². The molecule has 3 heterocycles. The molecule has 162 valence electrons. The van der Waals surface area contributed by atoms with Crippen LogP contribution in [0.3, 0.4) is 0 Å². The maximum absolute atomic E-state index is 12.6. The van der Waals surface area contributed by atoms with Gasteiger partial charge in [-0.25, -0.2) is 4.98 Å². The van der Waals surface area contributed by atoms with Gasteiger partial charge in [-0.05, 0) is 32.1 Å². The lowest BCUT2D eigenvalue weighted by atomic mass is 10.2. The van der Waals surface area contributed by atoms with Crippen molar-refractivity contribution >= 4 is 35.1 Å². The van der Waals surface area contributed by atoms with Crippen LogP contribution in [0.5, 0.6) is 5.88 Å². The fraction of sp³-hybridized carbons (Fsp3) is 0.500. The molecule has 0 aliphatic carbocycles. The van der Waals surface area contributed by atoms with Crippen molar-refractivity contribution in [3.8, 4) is 5.88 Å². The van der Waals surface area contributed by atoms with Crippen LogP contribution >= 0.6 is 11.6 Å². The van der Waals surface area contributed by atoms with Crippen LogP contribution in [0.4, 0.5) is 17.6 Å². The molecule has 0 fully saturated rings. The monoisotopic (exact) mass is 433 g/mol. The molecule has 1 aliphatic heterocycles. The number of hydrogen-bond acceptors (Lipinski definition) is 8. The van der Waals surface area contributed by atoms with E-state index < -0.39 is 0 Å². The summed E-state index contributed by atoms with van der Waals surface area (Å²) < 4.78 is 5.62. The predicted molar refractivity (Wildman–Crippen MR) is 118 cm³/mol. The topological polar surface area (TPSA) is 110 Å². The van der Waals surface area contributed by atoms with Gasteiger partial charge in [-0.2, -0.15) is 9.97 Å². The Labute approximate surface area is 181 Å². The lowest BCUT2D eigenvalue weighted by molar-refractivity contribution is -0.117. The second kappa shape index (κ2) is 9.90. The summed E-state index contributed by atoms with van der Waals surface area (Å²) in [4.78, 5) is 29.3. The van der Waals surface area contributed by atoms with Gasteiger partial charge in [0.05, 0.1) is 13.0 Å². The molecule has 1 amide bonds. The van der Waals surface area contributed by atoms with Crippen molar-refractivity contribution in [2.45, 2.75) is 32.7 Å². The molecule has 0 bridgehead atoms. The molecule has 1 aliphatic rings. The number of unbranched alkanes of at least 4 members (excludes halogenated alkanes) is 1. The maximum Gasteiger partial charge on any atom is 0.233 e. The Morgan fingerprint density at radius 2 is 2.17 bits per heavy atom. The van der Waals surface area contributed by atoms with Crippen molar-refractivity contribution < 1.29 is 9.53 Å². The SMILES string of the molecule is CCCCNc1nc(N)c2c(n1)N(Cc1cnc(OCCN(C)C)c(Cl)c1)C(=O)C2. The third-order valence-electron chi connectivity index (χ3n) is 4.70. The molecule has 3 rings (SSSR count). The Bertz CT molecular complexity index is 907. The molecule has 2 aromatic rings. The van der Waals surface area contributed by atoms with E-state index in [1.165, 1.54) is 0 Å². The van der Waals surface area contributed by atoms with Crippen LogP contribution in [-0.2, 0) is 17.8 Å². The number of nitrogen functional groups attached to an aromatic ring is 1. The number of carbonyl (C=O) groups is 1. The minimum atomic E-state index is -0.0841. The van der Waals surface area contributed by atoms with Gasteiger partial charge < -0.3 is 20.7 Å². The number of aromatic nitrogens is 3. The summed E-state index contributed by atoms with van der Waals surface area (Å²) in [6.45, 7) is 4.40. The number of halogens is 1. The number of pyridine rings is 1. The first-order chi connectivity index (χ1) is 14.4. The number of rotatable bonds is 10. The molecule has 0 saturated heterocycles. The lowest BCUT2D eigenvalue weighted by Crippen LogP contribution is -2.27. The molecule has 0 saturated carbocycles. The first-order valence-electron chi connectivity index (χ1n) is 10.0. The zero-order valence-corrected chi connectivity index (χ0v) is 18.4. The zero-order chi connectivity index (χ0) is 21.7. The first kappa shape index (κ1) is 22.0. The van der Waals surface area contributed by atoms with Gasteiger partial charge in [0.1, 0.15) is 23.3 Å². The van der Waals surface area contributed by atoms with E-state index in [9.17, 15) is 4.79 Å². The zero-order valence-electron chi connectivity index (χ0n) is 17.6. The summed E-state index contributed by atoms with van der Waals surface area (Å²) in [6, 6.07) is 1.76. The Morgan fingerprint density at radius 3 is 2.87 bits per heavy atom. The van der Waals surface area contributed by atoms with Gasteiger partial charge in [-0.3, -0.25) is 9.69 Å². The quantitative estimate of drug-likeness (QED) is 0.549. The average Bonchev–Trinajstić information content (AvgIpc) is 3.00. The summed E-state index contributed by atoms with van der Waals surface area (Å²) in [5, 5.41) is 3.57. The maximum atomic E-state index is 12.6. The van der Waals surface area contributed by atoms with Crippen molar-refractivity contribution in [2.24, 2.45) is 0 Å². The van der Waals surface area contributed by atoms with Crippen LogP contribution in [0.15, 0.2) is 12.3 Å². The summed E-state index contributed by atoms with van der Waals surface area (Å²) in [7, 11) is 3.93. The minimum Gasteiger partial charge on any atom is -0.475 e. The number of hydrogen-bond donors (Lipinski definition) is 2. The van der Waals surface area contributed by atoms with E-state index in [2.05, 4.69) is 27.2 Å². The number of likely N-dealkylation sites (N-methyl/N-ethyl adjacent to an activating group) is 1. The Balaban J connectivity index is 1.74. The van der Waals surface area contributed by atoms with E-state index in [1.807, 2.05) is 19.0 Å². The smallest absolute Gasteiger partial charge is 0.233 e. The van der Waals surface area contributed by atoms with Gasteiger partial charge in [-0.1, -0.05) is 24.9 Å². The highest BCUT2D eigenvalue weighted by atomic mass is 35.5. The normalized spacial score (nSPS) is 13.1. The average molecular weight is 434 g/mol. The number of anilines is 3. The Morgan fingerprint density at radius 1 is 1.37 bits per heavy atom. The number of amides is 1. The second-order valence-electron chi connectivity index (χ2n) is 7.45. The van der Waals surface area contributed by atoms with E-state index in [0.717, 1.165) is 31.5 Å². The summed E-state index contributed by atoms with van der Waals surface area (Å²) in [5.74, 6) is 1.59. The molecule has 0 unspecified atom stereocenters. The van der Waals surface area contributed by atoms with Gasteiger partial charge >= 0.3 is 0 Å². The van der Waals surface area contributed by atoms with Crippen LogP contribution in [0.1, 0.15) is 30.9 Å². The highest BCUT2D eigenvalue weighted by molar-refractivity contribution is 6.31. The first-order valence-corrected chi connectivity index (χ1v) is 10.4.